The molecule has 0 heterocycles. The molecular weight excluding hydrogens is 432 g/mol. The van der Waals surface area contributed by atoms with Gasteiger partial charge >= 0.3 is 12.2 Å². The van der Waals surface area contributed by atoms with Gasteiger partial charge in [0.15, 0.2) is 0 Å². The zero-order chi connectivity index (χ0) is 25.8. The maximum absolute atomic E-state index is 12.2. The molecule has 0 radical (unpaired) electrons. The van der Waals surface area contributed by atoms with Gasteiger partial charge in [-0.1, -0.05) is 90.4 Å². The number of alkyl carbamates (subject to hydrolysis) is 1. The zero-order valence-corrected chi connectivity index (χ0v) is 22.7. The molecule has 0 aromatic rings. The van der Waals surface area contributed by atoms with Gasteiger partial charge in [0, 0.05) is 18.4 Å². The van der Waals surface area contributed by atoms with Crippen molar-refractivity contribution in [2.24, 2.45) is 11.7 Å². The predicted octanol–water partition coefficient (Wildman–Crippen LogP) is 6.84. The minimum atomic E-state index is -0.847. The average molecular weight is 487 g/mol. The van der Waals surface area contributed by atoms with Crippen LogP contribution in [0.2, 0.25) is 0 Å². The third kappa shape index (κ3) is 19.9. The Morgan fingerprint density at radius 2 is 1.32 bits per heavy atom. The van der Waals surface area contributed by atoms with E-state index in [4.69, 9.17) is 15.2 Å². The van der Waals surface area contributed by atoms with E-state index in [2.05, 4.69) is 12.2 Å². The Hall–Kier alpha value is -1.50. The first-order chi connectivity index (χ1) is 16.1. The molecule has 0 aliphatic carbocycles. The third-order valence-corrected chi connectivity index (χ3v) is 6.18. The Kier molecular flexibility index (Phi) is 18.9. The normalized spacial score (nSPS) is 14.3. The molecule has 0 saturated heterocycles. The molecule has 4 N–H and O–H groups in total. The van der Waals surface area contributed by atoms with Crippen LogP contribution in [0.25, 0.3) is 0 Å². The van der Waals surface area contributed by atoms with Crippen molar-refractivity contribution < 1.29 is 24.2 Å². The van der Waals surface area contributed by atoms with Gasteiger partial charge in [-0.25, -0.2) is 9.59 Å². The van der Waals surface area contributed by atoms with E-state index >= 15 is 0 Å². The fourth-order valence-corrected chi connectivity index (χ4v) is 4.27. The van der Waals surface area contributed by atoms with E-state index in [1.807, 2.05) is 27.7 Å². The molecule has 34 heavy (non-hydrogen) atoms. The highest BCUT2D eigenvalue weighted by Crippen LogP contribution is 2.22. The molecule has 202 valence electrons. The number of rotatable bonds is 20. The van der Waals surface area contributed by atoms with Gasteiger partial charge in [-0.3, -0.25) is 0 Å². The average Bonchev–Trinajstić information content (AvgIpc) is 2.72. The first-order valence-corrected chi connectivity index (χ1v) is 13.7. The van der Waals surface area contributed by atoms with Crippen molar-refractivity contribution in [1.82, 2.24) is 5.32 Å². The minimum absolute atomic E-state index is 0.0603. The van der Waals surface area contributed by atoms with Gasteiger partial charge in [-0.15, -0.1) is 0 Å². The molecule has 0 aromatic carbocycles. The number of primary amides is 1. The number of carbonyl (C=O) groups excluding carboxylic acids is 2. The van der Waals surface area contributed by atoms with Crippen molar-refractivity contribution in [2.75, 3.05) is 6.61 Å². The largest absolute Gasteiger partial charge is 0.450 e. The second kappa shape index (κ2) is 19.8. The van der Waals surface area contributed by atoms with Crippen LogP contribution in [0.1, 0.15) is 131 Å². The predicted molar refractivity (Wildman–Crippen MR) is 139 cm³/mol. The first kappa shape index (κ1) is 32.5. The Balaban J connectivity index is 4.26. The van der Waals surface area contributed by atoms with Gasteiger partial charge in [0.2, 0.25) is 0 Å². The summed E-state index contributed by atoms with van der Waals surface area (Å²) in [4.78, 5) is 23.0. The molecule has 0 bridgehead atoms. The van der Waals surface area contributed by atoms with E-state index in [9.17, 15) is 14.7 Å². The summed E-state index contributed by atoms with van der Waals surface area (Å²) in [6.45, 7) is 9.65. The van der Waals surface area contributed by atoms with Gasteiger partial charge < -0.3 is 25.6 Å². The lowest BCUT2D eigenvalue weighted by Crippen LogP contribution is -2.45. The van der Waals surface area contributed by atoms with Crippen LogP contribution in [0, 0.1) is 5.92 Å². The number of aliphatic hydroxyl groups excluding tert-OH is 1. The lowest BCUT2D eigenvalue weighted by molar-refractivity contribution is 0.0342. The summed E-state index contributed by atoms with van der Waals surface area (Å²) in [6, 6.07) is -0.268. The number of hydrogen-bond donors (Lipinski definition) is 3. The molecule has 7 nitrogen and oxygen atoms in total. The van der Waals surface area contributed by atoms with E-state index in [-0.39, 0.29) is 25.0 Å². The Bertz CT molecular complexity index is 522. The lowest BCUT2D eigenvalue weighted by Gasteiger charge is -2.30. The van der Waals surface area contributed by atoms with Crippen LogP contribution in [-0.2, 0) is 9.47 Å². The minimum Gasteiger partial charge on any atom is -0.450 e. The molecule has 2 amide bonds. The standard InChI is InChI=1S/C27H54N2O5/c1-6-7-8-9-10-11-12-13-14-15-16-17-18-19-23(24(30)20-21-33-25(28)31)22(2)29-26(32)34-27(3,4)5/h22-24,30H,6-21H2,1-5H3,(H2,28,31)(H,29,32). The van der Waals surface area contributed by atoms with Crippen LogP contribution in [0.3, 0.4) is 0 Å². The Morgan fingerprint density at radius 1 is 0.853 bits per heavy atom. The number of ether oxygens (including phenoxy) is 2. The highest BCUT2D eigenvalue weighted by molar-refractivity contribution is 5.68. The number of unbranched alkanes of at least 4 members (excludes halogenated alkanes) is 12. The van der Waals surface area contributed by atoms with Crippen LogP contribution in [0.15, 0.2) is 0 Å². The Morgan fingerprint density at radius 3 is 1.76 bits per heavy atom. The molecule has 0 saturated carbocycles. The van der Waals surface area contributed by atoms with Gasteiger partial charge in [-0.2, -0.15) is 0 Å². The second-order valence-corrected chi connectivity index (χ2v) is 10.7. The highest BCUT2D eigenvalue weighted by atomic mass is 16.6. The van der Waals surface area contributed by atoms with Crippen LogP contribution in [0.4, 0.5) is 9.59 Å². The zero-order valence-electron chi connectivity index (χ0n) is 22.7. The first-order valence-electron chi connectivity index (χ1n) is 13.7. The van der Waals surface area contributed by atoms with E-state index in [1.54, 1.807) is 0 Å². The SMILES string of the molecule is CCCCCCCCCCCCCCCC(C(O)CCOC(N)=O)C(C)NC(=O)OC(C)(C)C. The van der Waals surface area contributed by atoms with Gasteiger partial charge in [0.1, 0.15) is 5.60 Å². The van der Waals surface area contributed by atoms with Gasteiger partial charge in [0.05, 0.1) is 12.7 Å². The van der Waals surface area contributed by atoms with Crippen molar-refractivity contribution in [2.45, 2.75) is 149 Å². The second-order valence-electron chi connectivity index (χ2n) is 10.7. The molecule has 0 spiro atoms. The quantitative estimate of drug-likeness (QED) is 0.163. The van der Waals surface area contributed by atoms with E-state index in [1.165, 1.54) is 70.6 Å². The molecule has 0 fully saturated rings. The van der Waals surface area contributed by atoms with Crippen molar-refractivity contribution in [3.05, 3.63) is 0 Å². The summed E-state index contributed by atoms with van der Waals surface area (Å²) >= 11 is 0. The number of hydrogen-bond acceptors (Lipinski definition) is 5. The molecule has 0 aliphatic heterocycles. The molecule has 0 aromatic heterocycles. The number of nitrogens with one attached hydrogen (secondary N) is 1. The van der Waals surface area contributed by atoms with Crippen LogP contribution < -0.4 is 11.1 Å². The maximum Gasteiger partial charge on any atom is 0.407 e. The fraction of sp³-hybridized carbons (Fsp3) is 0.926. The number of carbonyl (C=O) groups is 2. The molecule has 0 rings (SSSR count). The maximum atomic E-state index is 12.2. The summed E-state index contributed by atoms with van der Waals surface area (Å²) in [5, 5.41) is 13.6. The van der Waals surface area contributed by atoms with Crippen molar-refractivity contribution >= 4 is 12.2 Å². The van der Waals surface area contributed by atoms with Crippen LogP contribution in [0.5, 0.6) is 0 Å². The summed E-state index contributed by atoms with van der Waals surface area (Å²) in [6.07, 6.45) is 15.7. The number of nitrogens with two attached hydrogens (primary N) is 1. The number of amides is 2. The molecule has 3 unspecified atom stereocenters. The van der Waals surface area contributed by atoms with Crippen molar-refractivity contribution in [1.29, 1.82) is 0 Å². The van der Waals surface area contributed by atoms with E-state index < -0.39 is 23.9 Å². The number of aliphatic hydroxyl groups is 1. The van der Waals surface area contributed by atoms with E-state index in [0.29, 0.717) is 0 Å². The third-order valence-electron chi connectivity index (χ3n) is 6.18. The van der Waals surface area contributed by atoms with Crippen LogP contribution >= 0.6 is 0 Å². The monoisotopic (exact) mass is 486 g/mol. The van der Waals surface area contributed by atoms with Crippen LogP contribution in [-0.4, -0.2) is 41.6 Å². The topological polar surface area (TPSA) is 111 Å². The van der Waals surface area contributed by atoms with Gasteiger partial charge in [0.25, 0.3) is 0 Å². The summed E-state index contributed by atoms with van der Waals surface area (Å²) < 4.78 is 10.1. The van der Waals surface area contributed by atoms with Gasteiger partial charge in [-0.05, 0) is 34.1 Å². The fourth-order valence-electron chi connectivity index (χ4n) is 4.27. The highest BCUT2D eigenvalue weighted by Gasteiger charge is 2.28. The Labute approximate surface area is 208 Å². The summed E-state index contributed by atoms with van der Waals surface area (Å²) in [7, 11) is 0. The van der Waals surface area contributed by atoms with Crippen molar-refractivity contribution in [3.63, 3.8) is 0 Å². The molecular formula is C27H54N2O5. The molecule has 3 atom stereocenters. The lowest BCUT2D eigenvalue weighted by atomic mass is 9.87. The van der Waals surface area contributed by atoms with Crippen molar-refractivity contribution in [3.8, 4) is 0 Å². The molecule has 0 aliphatic rings. The summed E-state index contributed by atoms with van der Waals surface area (Å²) in [5.41, 5.74) is 4.43. The van der Waals surface area contributed by atoms with E-state index in [0.717, 1.165) is 19.3 Å². The molecule has 7 heteroatoms. The smallest absolute Gasteiger partial charge is 0.407 e. The summed E-state index contributed by atoms with van der Waals surface area (Å²) in [5.74, 6) is -0.156.